The second kappa shape index (κ2) is 3.86. The van der Waals surface area contributed by atoms with Crippen LogP contribution in [0.15, 0.2) is 0 Å². The van der Waals surface area contributed by atoms with Gasteiger partial charge in [-0.25, -0.2) is 4.98 Å². The highest BCUT2D eigenvalue weighted by Gasteiger charge is 2.00. The molecular weight excluding hydrogens is 152 g/mol. The molecule has 0 saturated carbocycles. The van der Waals surface area contributed by atoms with Crippen molar-refractivity contribution in [2.45, 2.75) is 33.2 Å². The lowest BCUT2D eigenvalue weighted by Crippen LogP contribution is -2.02. The average Bonchev–Trinajstić information content (AvgIpc) is 2.31. The van der Waals surface area contributed by atoms with E-state index in [1.165, 1.54) is 0 Å². The highest BCUT2D eigenvalue weighted by atomic mass is 15.3. The molecule has 1 rings (SSSR count). The normalized spacial score (nSPS) is 9.75. The zero-order chi connectivity index (χ0) is 8.97. The Bertz CT molecular complexity index is 294. The first-order chi connectivity index (χ1) is 5.74. The van der Waals surface area contributed by atoms with Gasteiger partial charge in [0, 0.05) is 13.0 Å². The first-order valence-electron chi connectivity index (χ1n) is 3.99. The van der Waals surface area contributed by atoms with Crippen LogP contribution in [0.3, 0.4) is 0 Å². The SMILES string of the molecule is Cc1nc(C)n(CCCC#N)n1. The summed E-state index contributed by atoms with van der Waals surface area (Å²) >= 11 is 0. The average molecular weight is 164 g/mol. The summed E-state index contributed by atoms with van der Waals surface area (Å²) in [5.74, 6) is 1.72. The third-order valence-electron chi connectivity index (χ3n) is 1.62. The van der Waals surface area contributed by atoms with Crippen LogP contribution < -0.4 is 0 Å². The zero-order valence-corrected chi connectivity index (χ0v) is 7.41. The van der Waals surface area contributed by atoms with Gasteiger partial charge in [0.25, 0.3) is 0 Å². The van der Waals surface area contributed by atoms with Crippen LogP contribution in [0.5, 0.6) is 0 Å². The molecule has 4 nitrogen and oxygen atoms in total. The molecule has 0 aromatic carbocycles. The Hall–Kier alpha value is -1.37. The fraction of sp³-hybridized carbons (Fsp3) is 0.625. The third kappa shape index (κ3) is 2.06. The third-order valence-corrected chi connectivity index (χ3v) is 1.62. The van der Waals surface area contributed by atoms with Gasteiger partial charge in [0.05, 0.1) is 6.07 Å². The van der Waals surface area contributed by atoms with Gasteiger partial charge in [-0.1, -0.05) is 0 Å². The molecule has 0 spiro atoms. The molecule has 0 N–H and O–H groups in total. The summed E-state index contributed by atoms with van der Waals surface area (Å²) in [6, 6.07) is 2.10. The summed E-state index contributed by atoms with van der Waals surface area (Å²) in [5, 5.41) is 12.5. The van der Waals surface area contributed by atoms with E-state index in [2.05, 4.69) is 16.2 Å². The molecule has 0 atom stereocenters. The first-order valence-corrected chi connectivity index (χ1v) is 3.99. The van der Waals surface area contributed by atoms with Gasteiger partial charge in [-0.2, -0.15) is 10.4 Å². The van der Waals surface area contributed by atoms with Crippen LogP contribution in [-0.2, 0) is 6.54 Å². The van der Waals surface area contributed by atoms with Crippen LogP contribution in [0.4, 0.5) is 0 Å². The number of rotatable bonds is 3. The number of nitrogens with zero attached hydrogens (tertiary/aromatic N) is 4. The van der Waals surface area contributed by atoms with Crippen molar-refractivity contribution in [3.63, 3.8) is 0 Å². The Balaban J connectivity index is 2.52. The monoisotopic (exact) mass is 164 g/mol. The minimum absolute atomic E-state index is 0.582. The van der Waals surface area contributed by atoms with Crippen molar-refractivity contribution in [1.82, 2.24) is 14.8 Å². The van der Waals surface area contributed by atoms with Crippen molar-refractivity contribution in [1.29, 1.82) is 5.26 Å². The smallest absolute Gasteiger partial charge is 0.147 e. The molecule has 1 aromatic heterocycles. The van der Waals surface area contributed by atoms with E-state index in [-0.39, 0.29) is 0 Å². The van der Waals surface area contributed by atoms with E-state index in [1.54, 1.807) is 0 Å². The second-order valence-corrected chi connectivity index (χ2v) is 2.69. The van der Waals surface area contributed by atoms with Gasteiger partial charge in [0.1, 0.15) is 11.6 Å². The number of nitriles is 1. The summed E-state index contributed by atoms with van der Waals surface area (Å²) < 4.78 is 1.84. The fourth-order valence-electron chi connectivity index (χ4n) is 1.08. The van der Waals surface area contributed by atoms with Crippen molar-refractivity contribution >= 4 is 0 Å². The molecule has 0 fully saturated rings. The lowest BCUT2D eigenvalue weighted by Gasteiger charge is -1.98. The number of hydrogen-bond acceptors (Lipinski definition) is 3. The molecule has 64 valence electrons. The number of aromatic nitrogens is 3. The molecular formula is C8H12N4. The van der Waals surface area contributed by atoms with Crippen molar-refractivity contribution in [2.75, 3.05) is 0 Å². The lowest BCUT2D eigenvalue weighted by molar-refractivity contribution is 0.566. The molecule has 12 heavy (non-hydrogen) atoms. The van der Waals surface area contributed by atoms with Crippen LogP contribution in [-0.4, -0.2) is 14.8 Å². The van der Waals surface area contributed by atoms with Crippen molar-refractivity contribution in [3.05, 3.63) is 11.6 Å². The van der Waals surface area contributed by atoms with Crippen LogP contribution in [0.1, 0.15) is 24.5 Å². The molecule has 4 heteroatoms. The van der Waals surface area contributed by atoms with Gasteiger partial charge in [-0.3, -0.25) is 4.68 Å². The number of aryl methyl sites for hydroxylation is 3. The van der Waals surface area contributed by atoms with Gasteiger partial charge in [-0.05, 0) is 20.3 Å². The topological polar surface area (TPSA) is 54.5 Å². The van der Waals surface area contributed by atoms with Crippen LogP contribution in [0.2, 0.25) is 0 Å². The molecule has 0 aliphatic heterocycles. The molecule has 0 radical (unpaired) electrons. The minimum Gasteiger partial charge on any atom is -0.250 e. The highest BCUT2D eigenvalue weighted by Crippen LogP contribution is 1.98. The molecule has 1 aromatic rings. The van der Waals surface area contributed by atoms with Crippen LogP contribution >= 0.6 is 0 Å². The molecule has 1 heterocycles. The summed E-state index contributed by atoms with van der Waals surface area (Å²) in [6.45, 7) is 4.58. The summed E-state index contributed by atoms with van der Waals surface area (Å²) in [4.78, 5) is 4.16. The summed E-state index contributed by atoms with van der Waals surface area (Å²) in [5.41, 5.74) is 0. The highest BCUT2D eigenvalue weighted by molar-refractivity contribution is 4.87. The van der Waals surface area contributed by atoms with Gasteiger partial charge in [-0.15, -0.1) is 0 Å². The largest absolute Gasteiger partial charge is 0.250 e. The van der Waals surface area contributed by atoms with Gasteiger partial charge >= 0.3 is 0 Å². The maximum Gasteiger partial charge on any atom is 0.147 e. The maximum atomic E-state index is 8.32. The van der Waals surface area contributed by atoms with Crippen LogP contribution in [0, 0.1) is 25.2 Å². The summed E-state index contributed by atoms with van der Waals surface area (Å²) in [7, 11) is 0. The van der Waals surface area contributed by atoms with E-state index >= 15 is 0 Å². The van der Waals surface area contributed by atoms with E-state index in [4.69, 9.17) is 5.26 Å². The first kappa shape index (κ1) is 8.72. The van der Waals surface area contributed by atoms with Crippen molar-refractivity contribution in [3.8, 4) is 6.07 Å². The molecule has 0 unspecified atom stereocenters. The predicted molar refractivity (Wildman–Crippen MR) is 44.3 cm³/mol. The fourth-order valence-corrected chi connectivity index (χ4v) is 1.08. The quantitative estimate of drug-likeness (QED) is 0.631. The van der Waals surface area contributed by atoms with E-state index < -0.39 is 0 Å². The van der Waals surface area contributed by atoms with E-state index in [0.717, 1.165) is 24.6 Å². The van der Waals surface area contributed by atoms with Gasteiger partial charge in [0.2, 0.25) is 0 Å². The number of hydrogen-bond donors (Lipinski definition) is 0. The van der Waals surface area contributed by atoms with Crippen molar-refractivity contribution in [2.24, 2.45) is 0 Å². The van der Waals surface area contributed by atoms with Gasteiger partial charge < -0.3 is 0 Å². The van der Waals surface area contributed by atoms with Crippen LogP contribution in [0.25, 0.3) is 0 Å². The zero-order valence-electron chi connectivity index (χ0n) is 7.41. The van der Waals surface area contributed by atoms with Gasteiger partial charge in [0.15, 0.2) is 0 Å². The Kier molecular flexibility index (Phi) is 2.81. The Labute approximate surface area is 71.8 Å². The second-order valence-electron chi connectivity index (χ2n) is 2.69. The predicted octanol–water partition coefficient (Wildman–Crippen LogP) is 1.20. The Morgan fingerprint density at radius 2 is 2.25 bits per heavy atom. The van der Waals surface area contributed by atoms with Crippen molar-refractivity contribution < 1.29 is 0 Å². The summed E-state index contributed by atoms with van der Waals surface area (Å²) in [6.07, 6.45) is 1.43. The maximum absolute atomic E-state index is 8.32. The molecule has 0 aliphatic carbocycles. The minimum atomic E-state index is 0.582. The Morgan fingerprint density at radius 3 is 2.75 bits per heavy atom. The molecule has 0 bridgehead atoms. The van der Waals surface area contributed by atoms with E-state index in [0.29, 0.717) is 6.42 Å². The molecule has 0 saturated heterocycles. The molecule has 0 aliphatic rings. The van der Waals surface area contributed by atoms with E-state index in [1.807, 2.05) is 18.5 Å². The lowest BCUT2D eigenvalue weighted by atomic mass is 10.3. The number of unbranched alkanes of at least 4 members (excludes halogenated alkanes) is 1. The standard InChI is InChI=1S/C8H12N4/c1-7-10-8(2)12(11-7)6-4-3-5-9/h3-4,6H2,1-2H3. The Morgan fingerprint density at radius 1 is 1.50 bits per heavy atom. The molecule has 0 amide bonds. The van der Waals surface area contributed by atoms with E-state index in [9.17, 15) is 0 Å².